The minimum Gasteiger partial charge on any atom is -0.0648 e. The maximum atomic E-state index is 3.91. The van der Waals surface area contributed by atoms with Gasteiger partial charge in [-0.1, -0.05) is 76.8 Å². The molecule has 16 heavy (non-hydrogen) atoms. The Morgan fingerprint density at radius 2 is 1.81 bits per heavy atom. The molecule has 0 aliphatic rings. The summed E-state index contributed by atoms with van der Waals surface area (Å²) in [6, 6.07) is 10.9. The summed E-state index contributed by atoms with van der Waals surface area (Å²) in [5.74, 6) is 1.52. The van der Waals surface area contributed by atoms with Crippen molar-refractivity contribution in [3.05, 3.63) is 42.8 Å². The van der Waals surface area contributed by atoms with Gasteiger partial charge in [0, 0.05) is 0 Å². The molecule has 0 spiro atoms. The van der Waals surface area contributed by atoms with Crippen LogP contribution in [0.3, 0.4) is 0 Å². The van der Waals surface area contributed by atoms with E-state index in [1.165, 1.54) is 31.2 Å². The van der Waals surface area contributed by atoms with E-state index in [0.29, 0.717) is 0 Å². The lowest BCUT2D eigenvalue weighted by Gasteiger charge is -2.23. The van der Waals surface area contributed by atoms with Crippen molar-refractivity contribution in [3.63, 3.8) is 0 Å². The van der Waals surface area contributed by atoms with Crippen LogP contribution in [0, 0.1) is 12.8 Å². The predicted octanol–water partition coefficient (Wildman–Crippen LogP) is 5.21. The van der Waals surface area contributed by atoms with Gasteiger partial charge in [-0.2, -0.15) is 0 Å². The molecule has 2 atom stereocenters. The molecule has 0 saturated carbocycles. The third kappa shape index (κ3) is 4.00. The van der Waals surface area contributed by atoms with Gasteiger partial charge >= 0.3 is 0 Å². The van der Waals surface area contributed by atoms with Gasteiger partial charge in [0.1, 0.15) is 0 Å². The van der Waals surface area contributed by atoms with E-state index in [2.05, 4.69) is 51.1 Å². The van der Waals surface area contributed by atoms with Gasteiger partial charge in [0.05, 0.1) is 0 Å². The molecule has 1 radical (unpaired) electrons. The van der Waals surface area contributed by atoms with Gasteiger partial charge in [0.15, 0.2) is 0 Å². The molecule has 0 N–H and O–H groups in total. The van der Waals surface area contributed by atoms with E-state index >= 15 is 0 Å². The molecule has 0 aromatic heterocycles. The molecule has 0 aliphatic heterocycles. The molecule has 1 rings (SSSR count). The van der Waals surface area contributed by atoms with Gasteiger partial charge < -0.3 is 0 Å². The fraction of sp³-hybridized carbons (Fsp3) is 0.562. The van der Waals surface area contributed by atoms with Gasteiger partial charge in [-0.25, -0.2) is 0 Å². The summed E-state index contributed by atoms with van der Waals surface area (Å²) >= 11 is 0. The zero-order chi connectivity index (χ0) is 11.8. The molecule has 1 aromatic rings. The lowest BCUT2D eigenvalue weighted by Crippen LogP contribution is -2.09. The van der Waals surface area contributed by atoms with E-state index in [4.69, 9.17) is 0 Å². The maximum Gasteiger partial charge on any atom is -0.0139 e. The van der Waals surface area contributed by atoms with Gasteiger partial charge in [-0.3, -0.25) is 0 Å². The molecule has 0 fully saturated rings. The molecule has 0 aliphatic carbocycles. The number of hydrogen-bond acceptors (Lipinski definition) is 0. The SMILES string of the molecule is [CH2]CCCCC(C)C(CC)c1ccccc1. The zero-order valence-electron chi connectivity index (χ0n) is 10.8. The first-order chi connectivity index (χ1) is 7.79. The molecule has 0 bridgehead atoms. The Labute approximate surface area is 101 Å². The number of hydrogen-bond donors (Lipinski definition) is 0. The van der Waals surface area contributed by atoms with Crippen LogP contribution in [-0.2, 0) is 0 Å². The quantitative estimate of drug-likeness (QED) is 0.550. The van der Waals surface area contributed by atoms with Crippen LogP contribution in [0.4, 0.5) is 0 Å². The van der Waals surface area contributed by atoms with Gasteiger partial charge in [0.25, 0.3) is 0 Å². The van der Waals surface area contributed by atoms with Crippen molar-refractivity contribution < 1.29 is 0 Å². The van der Waals surface area contributed by atoms with E-state index in [1.807, 2.05) is 0 Å². The fourth-order valence-electron chi connectivity index (χ4n) is 2.51. The molecular formula is C16H25. The standard InChI is InChI=1S/C16H25/c1-4-6-8-11-14(3)16(5-2)15-12-9-7-10-13-15/h7,9-10,12-14,16H,1,4-6,8,11H2,2-3H3. The summed E-state index contributed by atoms with van der Waals surface area (Å²) in [6.45, 7) is 8.60. The van der Waals surface area contributed by atoms with Gasteiger partial charge in [-0.05, 0) is 23.8 Å². The highest BCUT2D eigenvalue weighted by molar-refractivity contribution is 5.19. The van der Waals surface area contributed by atoms with Crippen LogP contribution in [0.5, 0.6) is 0 Å². The van der Waals surface area contributed by atoms with E-state index in [-0.39, 0.29) is 0 Å². The summed E-state index contributed by atoms with van der Waals surface area (Å²) in [4.78, 5) is 0. The molecule has 0 saturated heterocycles. The first-order valence-electron chi connectivity index (χ1n) is 6.63. The summed E-state index contributed by atoms with van der Waals surface area (Å²) in [7, 11) is 0. The summed E-state index contributed by atoms with van der Waals surface area (Å²) in [5.41, 5.74) is 1.51. The number of benzene rings is 1. The maximum absolute atomic E-state index is 3.91. The fourth-order valence-corrected chi connectivity index (χ4v) is 2.51. The van der Waals surface area contributed by atoms with Crippen molar-refractivity contribution in [2.45, 2.75) is 51.9 Å². The zero-order valence-corrected chi connectivity index (χ0v) is 10.8. The average Bonchev–Trinajstić information content (AvgIpc) is 2.32. The third-order valence-corrected chi connectivity index (χ3v) is 3.51. The highest BCUT2D eigenvalue weighted by atomic mass is 14.2. The smallest absolute Gasteiger partial charge is 0.0139 e. The largest absolute Gasteiger partial charge is 0.0648 e. The lowest BCUT2D eigenvalue weighted by molar-refractivity contribution is 0.403. The Kier molecular flexibility index (Phi) is 6.22. The molecule has 0 nitrogen and oxygen atoms in total. The average molecular weight is 217 g/mol. The number of rotatable bonds is 7. The summed E-state index contributed by atoms with van der Waals surface area (Å²) in [6.07, 6.45) is 6.26. The van der Waals surface area contributed by atoms with Crippen LogP contribution in [0.15, 0.2) is 30.3 Å². The van der Waals surface area contributed by atoms with Crippen molar-refractivity contribution >= 4 is 0 Å². The van der Waals surface area contributed by atoms with Crippen LogP contribution in [0.1, 0.15) is 57.4 Å². The van der Waals surface area contributed by atoms with Gasteiger partial charge in [0.2, 0.25) is 0 Å². The second-order valence-electron chi connectivity index (χ2n) is 4.75. The molecular weight excluding hydrogens is 192 g/mol. The molecule has 2 unspecified atom stereocenters. The van der Waals surface area contributed by atoms with Crippen LogP contribution in [-0.4, -0.2) is 0 Å². The normalized spacial score (nSPS) is 14.7. The Hall–Kier alpha value is -0.780. The van der Waals surface area contributed by atoms with Crippen LogP contribution in [0.25, 0.3) is 0 Å². The van der Waals surface area contributed by atoms with Crippen molar-refractivity contribution in [2.75, 3.05) is 0 Å². The monoisotopic (exact) mass is 217 g/mol. The Bertz CT molecular complexity index is 263. The Balaban J connectivity index is 2.53. The van der Waals surface area contributed by atoms with E-state index in [0.717, 1.165) is 18.3 Å². The molecule has 0 amide bonds. The summed E-state index contributed by atoms with van der Waals surface area (Å²) < 4.78 is 0. The Morgan fingerprint density at radius 3 is 2.38 bits per heavy atom. The topological polar surface area (TPSA) is 0 Å². The third-order valence-electron chi connectivity index (χ3n) is 3.51. The van der Waals surface area contributed by atoms with Gasteiger partial charge in [-0.15, -0.1) is 0 Å². The Morgan fingerprint density at radius 1 is 1.12 bits per heavy atom. The second kappa shape index (κ2) is 7.49. The van der Waals surface area contributed by atoms with E-state index < -0.39 is 0 Å². The minimum absolute atomic E-state index is 0.728. The lowest BCUT2D eigenvalue weighted by atomic mass is 9.82. The van der Waals surface area contributed by atoms with Crippen molar-refractivity contribution in [1.29, 1.82) is 0 Å². The minimum atomic E-state index is 0.728. The molecule has 1 aromatic carbocycles. The van der Waals surface area contributed by atoms with Crippen LogP contribution < -0.4 is 0 Å². The highest BCUT2D eigenvalue weighted by Gasteiger charge is 2.16. The molecule has 0 heteroatoms. The highest BCUT2D eigenvalue weighted by Crippen LogP contribution is 2.31. The number of unbranched alkanes of at least 4 members (excludes halogenated alkanes) is 2. The van der Waals surface area contributed by atoms with Crippen LogP contribution in [0.2, 0.25) is 0 Å². The van der Waals surface area contributed by atoms with Crippen molar-refractivity contribution in [3.8, 4) is 0 Å². The molecule has 89 valence electrons. The van der Waals surface area contributed by atoms with E-state index in [9.17, 15) is 0 Å². The van der Waals surface area contributed by atoms with Crippen molar-refractivity contribution in [1.82, 2.24) is 0 Å². The van der Waals surface area contributed by atoms with Crippen LogP contribution >= 0.6 is 0 Å². The molecule has 0 heterocycles. The predicted molar refractivity (Wildman–Crippen MR) is 72.5 cm³/mol. The first-order valence-corrected chi connectivity index (χ1v) is 6.63. The van der Waals surface area contributed by atoms with E-state index in [1.54, 1.807) is 0 Å². The van der Waals surface area contributed by atoms with Crippen molar-refractivity contribution in [2.24, 2.45) is 5.92 Å². The first kappa shape index (κ1) is 13.3. The second-order valence-corrected chi connectivity index (χ2v) is 4.75. The summed E-state index contributed by atoms with van der Waals surface area (Å²) in [5, 5.41) is 0.